The molecule has 108 valence electrons. The summed E-state index contributed by atoms with van der Waals surface area (Å²) in [5, 5.41) is 2.11. The largest absolute Gasteiger partial charge is 0.452 e. The average Bonchev–Trinajstić information content (AvgIpc) is 2.55. The van der Waals surface area contributed by atoms with Crippen molar-refractivity contribution in [3.8, 4) is 11.5 Å². The Morgan fingerprint density at radius 2 is 1.18 bits per heavy atom. The monoisotopic (exact) mass is 323 g/mol. The first-order valence-electron chi connectivity index (χ1n) is 7.06. The Bertz CT molecular complexity index is 797. The molecule has 0 fully saturated rings. The summed E-state index contributed by atoms with van der Waals surface area (Å²) in [6.07, 6.45) is 0. The molecule has 3 aromatic rings. The van der Waals surface area contributed by atoms with Crippen LogP contribution in [0.25, 0.3) is 0 Å². The maximum Gasteiger partial charge on any atom is 0.158 e. The Morgan fingerprint density at radius 1 is 0.636 bits per heavy atom. The Morgan fingerprint density at radius 3 is 1.73 bits per heavy atom. The van der Waals surface area contributed by atoms with Crippen molar-refractivity contribution in [2.45, 2.75) is 0 Å². The van der Waals surface area contributed by atoms with Gasteiger partial charge in [-0.3, -0.25) is 0 Å². The lowest BCUT2D eigenvalue weighted by atomic mass is 10.1. The summed E-state index contributed by atoms with van der Waals surface area (Å²) >= 11 is 0. The van der Waals surface area contributed by atoms with Gasteiger partial charge in [-0.25, -0.2) is 0 Å². The van der Waals surface area contributed by atoms with Gasteiger partial charge in [0.25, 0.3) is 0 Å². The Hall–Kier alpha value is -1.88. The number of hydrogen-bond donors (Lipinski definition) is 0. The molecule has 3 aromatic carbocycles. The van der Waals surface area contributed by atoms with E-state index in [0.29, 0.717) is 0 Å². The number of fused-ring (bicyclic) bond motifs is 2. The van der Waals surface area contributed by atoms with E-state index in [9.17, 15) is 0 Å². The molecule has 2 nitrogen and oxygen atoms in total. The van der Waals surface area contributed by atoms with E-state index in [-0.39, 0.29) is 0 Å². The first-order chi connectivity index (χ1) is 10.8. The van der Waals surface area contributed by atoms with Crippen LogP contribution in [0.1, 0.15) is 0 Å². The van der Waals surface area contributed by atoms with Gasteiger partial charge in [0.15, 0.2) is 11.5 Å². The van der Waals surface area contributed by atoms with Gasteiger partial charge in [0.1, 0.15) is 0 Å². The highest BCUT2D eigenvalue weighted by Gasteiger charge is 2.27. The minimum absolute atomic E-state index is 0.888. The van der Waals surface area contributed by atoms with Gasteiger partial charge in [0.05, 0.1) is 11.4 Å². The van der Waals surface area contributed by atoms with Gasteiger partial charge in [-0.1, -0.05) is 42.5 Å². The third kappa shape index (κ3) is 2.11. The topological polar surface area (TPSA) is 12.5 Å². The van der Waals surface area contributed by atoms with Crippen LogP contribution >= 0.6 is 18.5 Å². The molecular weight excluding hydrogens is 308 g/mol. The number of anilines is 3. The molecule has 1 aliphatic rings. The van der Waals surface area contributed by atoms with Gasteiger partial charge >= 0.3 is 0 Å². The predicted octanol–water partition coefficient (Wildman–Crippen LogP) is 4.26. The standard InChI is InChI=1S/C18H15NOP2/c21-15-10-4-8-13-17(15)20-18-14(9-5-11-16(18)22)19(13)12-6-2-1-3-7-12/h1-11H,21-22H2. The zero-order valence-corrected chi connectivity index (χ0v) is 14.2. The number of ether oxygens (including phenoxy) is 1. The molecule has 0 amide bonds. The van der Waals surface area contributed by atoms with Gasteiger partial charge in [0, 0.05) is 16.3 Å². The summed E-state index contributed by atoms with van der Waals surface area (Å²) < 4.78 is 6.21. The lowest BCUT2D eigenvalue weighted by molar-refractivity contribution is 0.485. The number of para-hydroxylation sites is 3. The fourth-order valence-electron chi connectivity index (χ4n) is 2.75. The lowest BCUT2D eigenvalue weighted by Gasteiger charge is -2.34. The van der Waals surface area contributed by atoms with Gasteiger partial charge in [-0.15, -0.1) is 18.5 Å². The SMILES string of the molecule is Pc1cccc2c1Oc1c(P)cccc1N2c1ccccc1. The highest BCUT2D eigenvalue weighted by Crippen LogP contribution is 2.49. The number of rotatable bonds is 1. The molecule has 0 saturated carbocycles. The highest BCUT2D eigenvalue weighted by atomic mass is 31.0. The fourth-order valence-corrected chi connectivity index (χ4v) is 3.38. The fraction of sp³-hybridized carbons (Fsp3) is 0. The highest BCUT2D eigenvalue weighted by molar-refractivity contribution is 7.28. The molecule has 4 rings (SSSR count). The predicted molar refractivity (Wildman–Crippen MR) is 99.9 cm³/mol. The van der Waals surface area contributed by atoms with Crippen molar-refractivity contribution < 1.29 is 4.74 Å². The number of nitrogens with zero attached hydrogens (tertiary/aromatic N) is 1. The molecule has 0 aromatic heterocycles. The van der Waals surface area contributed by atoms with E-state index in [2.05, 4.69) is 71.9 Å². The summed E-state index contributed by atoms with van der Waals surface area (Å²) in [5.41, 5.74) is 3.24. The van der Waals surface area contributed by atoms with Gasteiger partial charge < -0.3 is 9.64 Å². The Kier molecular flexibility index (Phi) is 3.37. The molecule has 1 aliphatic heterocycles. The van der Waals surface area contributed by atoms with Crippen molar-refractivity contribution in [1.29, 1.82) is 0 Å². The van der Waals surface area contributed by atoms with Gasteiger partial charge in [0.2, 0.25) is 0 Å². The number of hydrogen-bond acceptors (Lipinski definition) is 2. The van der Waals surface area contributed by atoms with Gasteiger partial charge in [-0.2, -0.15) is 0 Å². The minimum Gasteiger partial charge on any atom is -0.452 e. The van der Waals surface area contributed by atoms with Crippen LogP contribution in [-0.4, -0.2) is 0 Å². The third-order valence-electron chi connectivity index (χ3n) is 3.75. The Labute approximate surface area is 134 Å². The second-order valence-corrected chi connectivity index (χ2v) is 6.41. The van der Waals surface area contributed by atoms with E-state index in [4.69, 9.17) is 4.74 Å². The van der Waals surface area contributed by atoms with Crippen LogP contribution in [-0.2, 0) is 0 Å². The average molecular weight is 323 g/mol. The van der Waals surface area contributed by atoms with E-state index < -0.39 is 0 Å². The van der Waals surface area contributed by atoms with Crippen LogP contribution < -0.4 is 20.2 Å². The molecule has 1 heterocycles. The summed E-state index contributed by atoms with van der Waals surface area (Å²) in [7, 11) is 5.51. The van der Waals surface area contributed by atoms with Crippen LogP contribution in [0.4, 0.5) is 17.1 Å². The van der Waals surface area contributed by atoms with Crippen molar-refractivity contribution in [1.82, 2.24) is 0 Å². The first-order valence-corrected chi connectivity index (χ1v) is 8.21. The van der Waals surface area contributed by atoms with Crippen molar-refractivity contribution in [2.75, 3.05) is 4.90 Å². The molecule has 0 N–H and O–H groups in total. The van der Waals surface area contributed by atoms with Crippen molar-refractivity contribution in [2.24, 2.45) is 0 Å². The zero-order valence-electron chi connectivity index (χ0n) is 11.9. The van der Waals surface area contributed by atoms with Crippen LogP contribution in [0.5, 0.6) is 11.5 Å². The third-order valence-corrected chi connectivity index (χ3v) is 4.66. The molecule has 0 aliphatic carbocycles. The molecule has 4 heteroatoms. The molecular formula is C18H15NOP2. The van der Waals surface area contributed by atoms with Crippen LogP contribution in [0.15, 0.2) is 66.7 Å². The number of benzene rings is 3. The van der Waals surface area contributed by atoms with E-state index in [1.165, 1.54) is 0 Å². The maximum atomic E-state index is 6.21. The lowest BCUT2D eigenvalue weighted by Crippen LogP contribution is -2.20. The van der Waals surface area contributed by atoms with Crippen molar-refractivity contribution in [3.05, 3.63) is 66.7 Å². The molecule has 0 bridgehead atoms. The minimum atomic E-state index is 0.888. The van der Waals surface area contributed by atoms with Crippen molar-refractivity contribution in [3.63, 3.8) is 0 Å². The molecule has 2 unspecified atom stereocenters. The van der Waals surface area contributed by atoms with E-state index in [1.807, 2.05) is 18.2 Å². The summed E-state index contributed by atoms with van der Waals surface area (Å²) in [4.78, 5) is 2.25. The second-order valence-electron chi connectivity index (χ2n) is 5.16. The molecule has 0 saturated heterocycles. The van der Waals surface area contributed by atoms with E-state index >= 15 is 0 Å². The summed E-state index contributed by atoms with van der Waals surface area (Å²) in [6, 6.07) is 22.7. The van der Waals surface area contributed by atoms with Crippen molar-refractivity contribution >= 4 is 46.2 Å². The van der Waals surface area contributed by atoms with Crippen LogP contribution in [0.3, 0.4) is 0 Å². The molecule has 0 spiro atoms. The van der Waals surface area contributed by atoms with Crippen LogP contribution in [0, 0.1) is 0 Å². The van der Waals surface area contributed by atoms with E-state index in [0.717, 1.165) is 39.2 Å². The molecule has 22 heavy (non-hydrogen) atoms. The molecule has 0 radical (unpaired) electrons. The Balaban J connectivity index is 2.02. The smallest absolute Gasteiger partial charge is 0.158 e. The molecule has 2 atom stereocenters. The zero-order chi connectivity index (χ0) is 15.1. The maximum absolute atomic E-state index is 6.21. The van der Waals surface area contributed by atoms with Gasteiger partial charge in [-0.05, 0) is 24.3 Å². The van der Waals surface area contributed by atoms with Crippen LogP contribution in [0.2, 0.25) is 0 Å². The summed E-state index contributed by atoms with van der Waals surface area (Å²) in [6.45, 7) is 0. The quantitative estimate of drug-likeness (QED) is 0.485. The summed E-state index contributed by atoms with van der Waals surface area (Å²) in [5.74, 6) is 1.78. The first kappa shape index (κ1) is 13.8. The normalized spacial score (nSPS) is 12.4. The van der Waals surface area contributed by atoms with E-state index in [1.54, 1.807) is 0 Å². The second kappa shape index (κ2) is 5.39.